The molecule has 0 amide bonds. The summed E-state index contributed by atoms with van der Waals surface area (Å²) in [6, 6.07) is 3.48. The van der Waals surface area contributed by atoms with Crippen LogP contribution in [0.5, 0.6) is 0 Å². The number of aromatic nitrogens is 3. The van der Waals surface area contributed by atoms with Crippen molar-refractivity contribution in [1.82, 2.24) is 14.6 Å². The van der Waals surface area contributed by atoms with Crippen LogP contribution in [0.15, 0.2) is 12.3 Å². The number of anilines is 1. The molecule has 1 unspecified atom stereocenters. The quantitative estimate of drug-likeness (QED) is 0.572. The Labute approximate surface area is 168 Å². The van der Waals surface area contributed by atoms with E-state index in [9.17, 15) is 10.4 Å². The van der Waals surface area contributed by atoms with Crippen LogP contribution in [0.4, 0.5) is 5.82 Å². The number of nitrogens with one attached hydrogen (secondary N) is 1. The molecule has 3 aromatic heterocycles. The summed E-state index contributed by atoms with van der Waals surface area (Å²) in [5.41, 5.74) is 1.74. The van der Waals surface area contributed by atoms with Crippen molar-refractivity contribution in [3.05, 3.63) is 31.7 Å². The highest BCUT2D eigenvalue weighted by Gasteiger charge is 2.24. The van der Waals surface area contributed by atoms with E-state index in [-0.39, 0.29) is 23.7 Å². The summed E-state index contributed by atoms with van der Waals surface area (Å²) in [7, 11) is 0. The van der Waals surface area contributed by atoms with Crippen LogP contribution in [0.2, 0.25) is 13.8 Å². The molecular weight excluding hydrogens is 417 g/mol. The summed E-state index contributed by atoms with van der Waals surface area (Å²) in [6.45, 7) is 3.86. The minimum absolute atomic E-state index is 0.0942. The van der Waals surface area contributed by atoms with Gasteiger partial charge in [-0.2, -0.15) is 14.9 Å². The lowest BCUT2D eigenvalue weighted by atomic mass is 10.0. The highest BCUT2D eigenvalue weighted by Crippen LogP contribution is 2.44. The maximum Gasteiger partial charge on any atom is 0.176 e. The van der Waals surface area contributed by atoms with Crippen molar-refractivity contribution in [2.45, 2.75) is 19.9 Å². The number of aliphatic hydroxyl groups excluding tert-OH is 1. The number of hydrogen-bond acceptors (Lipinski definition) is 6. The molecule has 3 rings (SSSR count). The monoisotopic (exact) mass is 429 g/mol. The van der Waals surface area contributed by atoms with Gasteiger partial charge in [-0.05, 0) is 12.0 Å². The zero-order chi connectivity index (χ0) is 19.0. The van der Waals surface area contributed by atoms with Crippen LogP contribution in [0, 0.1) is 17.2 Å². The molecule has 0 saturated heterocycles. The lowest BCUT2D eigenvalue weighted by Gasteiger charge is -2.23. The van der Waals surface area contributed by atoms with Crippen LogP contribution >= 0.6 is 46.1 Å². The molecule has 26 heavy (non-hydrogen) atoms. The first-order chi connectivity index (χ1) is 12.4. The SMILES string of the molecule is CC(C)C(CO)Nc1c(-c2cc(Cl)sc2Cl)c(Cl)nc2c(C#N)cnn12. The molecule has 136 valence electrons. The van der Waals surface area contributed by atoms with Gasteiger partial charge >= 0.3 is 0 Å². The highest BCUT2D eigenvalue weighted by molar-refractivity contribution is 7.20. The number of rotatable bonds is 5. The second kappa shape index (κ2) is 7.59. The summed E-state index contributed by atoms with van der Waals surface area (Å²) in [5, 5.41) is 26.7. The van der Waals surface area contributed by atoms with Gasteiger partial charge in [0.15, 0.2) is 5.65 Å². The minimum atomic E-state index is -0.266. The van der Waals surface area contributed by atoms with Crippen LogP contribution in [0.3, 0.4) is 0 Å². The van der Waals surface area contributed by atoms with E-state index in [1.165, 1.54) is 22.0 Å². The average molecular weight is 431 g/mol. The first kappa shape index (κ1) is 19.2. The Balaban J connectivity index is 2.32. The van der Waals surface area contributed by atoms with Gasteiger partial charge in [-0.15, -0.1) is 11.3 Å². The van der Waals surface area contributed by atoms with Gasteiger partial charge in [0.05, 0.1) is 28.7 Å². The Hall–Kier alpha value is -1.56. The fourth-order valence-corrected chi connectivity index (χ4v) is 4.27. The molecule has 0 bridgehead atoms. The fraction of sp³-hybridized carbons (Fsp3) is 0.312. The third-order valence-corrected chi connectivity index (χ3v) is 5.73. The average Bonchev–Trinajstić information content (AvgIpc) is 3.14. The summed E-state index contributed by atoms with van der Waals surface area (Å²) in [6.07, 6.45) is 1.42. The number of fused-ring (bicyclic) bond motifs is 1. The predicted octanol–water partition coefficient (Wildman–Crippen LogP) is 4.72. The molecule has 1 atom stereocenters. The van der Waals surface area contributed by atoms with Gasteiger partial charge in [-0.25, -0.2) is 4.98 Å². The maximum atomic E-state index is 9.73. The molecule has 0 fully saturated rings. The second-order valence-corrected chi connectivity index (χ2v) is 8.59. The number of nitriles is 1. The van der Waals surface area contributed by atoms with Crippen LogP contribution < -0.4 is 5.32 Å². The first-order valence-electron chi connectivity index (χ1n) is 7.67. The molecule has 3 aromatic rings. The molecule has 0 aliphatic carbocycles. The zero-order valence-electron chi connectivity index (χ0n) is 13.8. The van der Waals surface area contributed by atoms with E-state index in [2.05, 4.69) is 15.4 Å². The molecule has 10 heteroatoms. The standard InChI is InChI=1S/C16H14Cl3N5OS/c1-7(2)10(6-25)22-16-12(9-3-11(17)26-14(9)19)13(18)23-15-8(4-20)5-21-24(15)16/h3,5,7,10,22,25H,6H2,1-2H3. The zero-order valence-corrected chi connectivity index (χ0v) is 16.9. The fourth-order valence-electron chi connectivity index (χ4n) is 2.53. The molecule has 0 aliphatic rings. The normalized spacial score (nSPS) is 12.5. The van der Waals surface area contributed by atoms with Gasteiger partial charge in [0.25, 0.3) is 0 Å². The summed E-state index contributed by atoms with van der Waals surface area (Å²) in [4.78, 5) is 4.32. The van der Waals surface area contributed by atoms with Crippen molar-refractivity contribution in [2.75, 3.05) is 11.9 Å². The molecule has 0 saturated carbocycles. The topological polar surface area (TPSA) is 86.2 Å². The van der Waals surface area contributed by atoms with Gasteiger partial charge in [0, 0.05) is 5.56 Å². The van der Waals surface area contributed by atoms with Crippen LogP contribution in [0.1, 0.15) is 19.4 Å². The smallest absolute Gasteiger partial charge is 0.176 e. The van der Waals surface area contributed by atoms with Gasteiger partial charge in [-0.1, -0.05) is 48.7 Å². The summed E-state index contributed by atoms with van der Waals surface area (Å²) in [5.74, 6) is 0.619. The summed E-state index contributed by atoms with van der Waals surface area (Å²) < 4.78 is 2.46. The van der Waals surface area contributed by atoms with Crippen LogP contribution in [-0.4, -0.2) is 32.4 Å². The van der Waals surface area contributed by atoms with E-state index in [1.807, 2.05) is 19.9 Å². The largest absolute Gasteiger partial charge is 0.394 e. The Kier molecular flexibility index (Phi) is 5.61. The van der Waals surface area contributed by atoms with E-state index in [4.69, 9.17) is 34.8 Å². The second-order valence-electron chi connectivity index (χ2n) is 5.95. The van der Waals surface area contributed by atoms with Crippen molar-refractivity contribution in [3.8, 4) is 17.2 Å². The van der Waals surface area contributed by atoms with Crippen LogP contribution in [0.25, 0.3) is 16.8 Å². The number of hydrogen-bond donors (Lipinski definition) is 2. The molecule has 6 nitrogen and oxygen atoms in total. The molecule has 2 N–H and O–H groups in total. The molecule has 0 aliphatic heterocycles. The Bertz CT molecular complexity index is 1010. The van der Waals surface area contributed by atoms with E-state index < -0.39 is 0 Å². The van der Waals surface area contributed by atoms with E-state index >= 15 is 0 Å². The van der Waals surface area contributed by atoms with Crippen molar-refractivity contribution in [2.24, 2.45) is 5.92 Å². The number of nitrogens with zero attached hydrogens (tertiary/aromatic N) is 4. The minimum Gasteiger partial charge on any atom is -0.394 e. The van der Waals surface area contributed by atoms with Crippen molar-refractivity contribution in [3.63, 3.8) is 0 Å². The molecule has 3 heterocycles. The lowest BCUT2D eigenvalue weighted by Crippen LogP contribution is -2.31. The van der Waals surface area contributed by atoms with Gasteiger partial charge in [-0.3, -0.25) is 0 Å². The highest BCUT2D eigenvalue weighted by atomic mass is 35.5. The van der Waals surface area contributed by atoms with Gasteiger partial charge in [0.2, 0.25) is 0 Å². The Morgan fingerprint density at radius 3 is 2.65 bits per heavy atom. The van der Waals surface area contributed by atoms with E-state index in [0.717, 1.165) is 0 Å². The van der Waals surface area contributed by atoms with Crippen molar-refractivity contribution < 1.29 is 5.11 Å². The molecular formula is C16H14Cl3N5OS. The Morgan fingerprint density at radius 2 is 2.12 bits per heavy atom. The van der Waals surface area contributed by atoms with E-state index in [1.54, 1.807) is 6.07 Å². The van der Waals surface area contributed by atoms with E-state index in [0.29, 0.717) is 36.8 Å². The predicted molar refractivity (Wildman–Crippen MR) is 105 cm³/mol. The molecule has 0 aromatic carbocycles. The molecule has 0 spiro atoms. The van der Waals surface area contributed by atoms with Gasteiger partial charge in [0.1, 0.15) is 26.9 Å². The van der Waals surface area contributed by atoms with Crippen LogP contribution in [-0.2, 0) is 0 Å². The first-order valence-corrected chi connectivity index (χ1v) is 9.62. The number of halogens is 3. The van der Waals surface area contributed by atoms with Gasteiger partial charge < -0.3 is 10.4 Å². The van der Waals surface area contributed by atoms with Crippen molar-refractivity contribution >= 4 is 57.6 Å². The number of thiophene rings is 1. The lowest BCUT2D eigenvalue weighted by molar-refractivity contribution is 0.249. The third-order valence-electron chi connectivity index (χ3n) is 3.97. The maximum absolute atomic E-state index is 9.73. The van der Waals surface area contributed by atoms with Crippen molar-refractivity contribution in [1.29, 1.82) is 5.26 Å². The molecule has 0 radical (unpaired) electrons. The summed E-state index contributed by atoms with van der Waals surface area (Å²) >= 11 is 20.1. The third kappa shape index (κ3) is 3.36. The Morgan fingerprint density at radius 1 is 1.38 bits per heavy atom. The number of aliphatic hydroxyl groups is 1.